The second-order valence-electron chi connectivity index (χ2n) is 7.39. The third-order valence-corrected chi connectivity index (χ3v) is 4.50. The highest BCUT2D eigenvalue weighted by Crippen LogP contribution is 2.18. The third-order valence-electron chi connectivity index (χ3n) is 4.50. The van der Waals surface area contributed by atoms with Crippen LogP contribution in [0, 0.1) is 16.7 Å². The molecule has 0 atom stereocenters. The van der Waals surface area contributed by atoms with E-state index >= 15 is 0 Å². The zero-order valence-corrected chi connectivity index (χ0v) is 17.7. The SMILES string of the molecule is CC(C)Nc1ccncc1C(=N)C(=O)c1ccnc(NC(=O)Cc2ccc(C#N)cc2)c1. The van der Waals surface area contributed by atoms with Crippen LogP contribution in [0.25, 0.3) is 0 Å². The number of amides is 1. The van der Waals surface area contributed by atoms with Crippen molar-refractivity contribution in [1.29, 1.82) is 10.7 Å². The minimum absolute atomic E-state index is 0.0985. The topological polar surface area (TPSA) is 132 Å². The van der Waals surface area contributed by atoms with E-state index in [4.69, 9.17) is 10.7 Å². The molecule has 32 heavy (non-hydrogen) atoms. The fourth-order valence-corrected chi connectivity index (χ4v) is 3.01. The number of nitrogens with one attached hydrogen (secondary N) is 3. The van der Waals surface area contributed by atoms with Gasteiger partial charge in [0, 0.05) is 41.4 Å². The number of hydrogen-bond donors (Lipinski definition) is 3. The lowest BCUT2D eigenvalue weighted by atomic mass is 10.0. The summed E-state index contributed by atoms with van der Waals surface area (Å²) in [5, 5.41) is 23.1. The quantitative estimate of drug-likeness (QED) is 0.372. The van der Waals surface area contributed by atoms with Gasteiger partial charge in [0.25, 0.3) is 0 Å². The van der Waals surface area contributed by atoms with Gasteiger partial charge in [0.2, 0.25) is 11.7 Å². The van der Waals surface area contributed by atoms with Crippen molar-refractivity contribution in [2.24, 2.45) is 0 Å². The van der Waals surface area contributed by atoms with Gasteiger partial charge in [-0.2, -0.15) is 5.26 Å². The highest BCUT2D eigenvalue weighted by Gasteiger charge is 2.19. The van der Waals surface area contributed by atoms with Crippen LogP contribution in [0.5, 0.6) is 0 Å². The Hall–Kier alpha value is -4.38. The fourth-order valence-electron chi connectivity index (χ4n) is 3.01. The van der Waals surface area contributed by atoms with Crippen LogP contribution >= 0.6 is 0 Å². The zero-order chi connectivity index (χ0) is 23.1. The molecule has 0 bridgehead atoms. The van der Waals surface area contributed by atoms with Crippen molar-refractivity contribution in [1.82, 2.24) is 9.97 Å². The van der Waals surface area contributed by atoms with Crippen LogP contribution in [-0.2, 0) is 11.2 Å². The number of Topliss-reactive ketones (excluding diaryl/α,β-unsaturated/α-hetero) is 1. The van der Waals surface area contributed by atoms with Crippen LogP contribution < -0.4 is 10.6 Å². The number of benzene rings is 1. The van der Waals surface area contributed by atoms with E-state index in [1.807, 2.05) is 19.9 Å². The molecule has 0 aliphatic carbocycles. The number of carbonyl (C=O) groups is 2. The van der Waals surface area contributed by atoms with Crippen LogP contribution in [-0.4, -0.2) is 33.4 Å². The smallest absolute Gasteiger partial charge is 0.229 e. The maximum atomic E-state index is 12.9. The fraction of sp³-hybridized carbons (Fsp3) is 0.167. The monoisotopic (exact) mass is 426 g/mol. The van der Waals surface area contributed by atoms with Gasteiger partial charge in [-0.1, -0.05) is 12.1 Å². The summed E-state index contributed by atoms with van der Waals surface area (Å²) in [6, 6.07) is 13.5. The summed E-state index contributed by atoms with van der Waals surface area (Å²) in [6.07, 6.45) is 4.59. The van der Waals surface area contributed by atoms with Crippen LogP contribution in [0.1, 0.15) is 40.9 Å². The van der Waals surface area contributed by atoms with Crippen LogP contribution in [0.3, 0.4) is 0 Å². The van der Waals surface area contributed by atoms with E-state index in [1.165, 1.54) is 24.5 Å². The molecule has 8 nitrogen and oxygen atoms in total. The molecule has 8 heteroatoms. The Labute approximate surface area is 185 Å². The Morgan fingerprint density at radius 3 is 2.56 bits per heavy atom. The van der Waals surface area contributed by atoms with Crippen molar-refractivity contribution in [2.75, 3.05) is 10.6 Å². The molecule has 2 aromatic heterocycles. The maximum absolute atomic E-state index is 12.9. The summed E-state index contributed by atoms with van der Waals surface area (Å²) in [7, 11) is 0. The van der Waals surface area contributed by atoms with Crippen molar-refractivity contribution >= 4 is 28.9 Å². The Balaban J connectivity index is 1.72. The minimum Gasteiger partial charge on any atom is -0.382 e. The molecule has 0 saturated carbocycles. The lowest BCUT2D eigenvalue weighted by Gasteiger charge is -2.14. The maximum Gasteiger partial charge on any atom is 0.229 e. The van der Waals surface area contributed by atoms with E-state index < -0.39 is 5.78 Å². The van der Waals surface area contributed by atoms with Gasteiger partial charge in [-0.15, -0.1) is 0 Å². The van der Waals surface area contributed by atoms with Gasteiger partial charge >= 0.3 is 0 Å². The zero-order valence-electron chi connectivity index (χ0n) is 17.7. The molecule has 1 aromatic carbocycles. The highest BCUT2D eigenvalue weighted by atomic mass is 16.1. The number of hydrogen-bond acceptors (Lipinski definition) is 7. The first-order valence-electron chi connectivity index (χ1n) is 9.96. The minimum atomic E-state index is -0.505. The van der Waals surface area contributed by atoms with Crippen molar-refractivity contribution in [3.63, 3.8) is 0 Å². The Morgan fingerprint density at radius 2 is 1.88 bits per heavy atom. The van der Waals surface area contributed by atoms with E-state index in [1.54, 1.807) is 36.5 Å². The van der Waals surface area contributed by atoms with Crippen LogP contribution in [0.2, 0.25) is 0 Å². The first-order chi connectivity index (χ1) is 15.4. The molecule has 0 saturated heterocycles. The van der Waals surface area contributed by atoms with E-state index in [9.17, 15) is 9.59 Å². The van der Waals surface area contributed by atoms with E-state index in [2.05, 4.69) is 20.6 Å². The average molecular weight is 426 g/mol. The summed E-state index contributed by atoms with van der Waals surface area (Å²) < 4.78 is 0. The predicted octanol–water partition coefficient (Wildman–Crippen LogP) is 3.60. The Morgan fingerprint density at radius 1 is 1.12 bits per heavy atom. The largest absolute Gasteiger partial charge is 0.382 e. The van der Waals surface area contributed by atoms with Crippen molar-refractivity contribution in [3.05, 3.63) is 83.3 Å². The van der Waals surface area contributed by atoms with Gasteiger partial charge in [-0.25, -0.2) is 4.98 Å². The van der Waals surface area contributed by atoms with Crippen LogP contribution in [0.4, 0.5) is 11.5 Å². The summed E-state index contributed by atoms with van der Waals surface area (Å²) >= 11 is 0. The molecule has 0 fully saturated rings. The van der Waals surface area contributed by atoms with Crippen molar-refractivity contribution in [2.45, 2.75) is 26.3 Å². The van der Waals surface area contributed by atoms with E-state index in [-0.39, 0.29) is 35.5 Å². The second-order valence-corrected chi connectivity index (χ2v) is 7.39. The summed E-state index contributed by atoms with van der Waals surface area (Å²) in [6.45, 7) is 3.93. The molecular weight excluding hydrogens is 404 g/mol. The first kappa shape index (κ1) is 22.3. The normalized spacial score (nSPS) is 10.3. The Kier molecular flexibility index (Phi) is 7.03. The van der Waals surface area contributed by atoms with Gasteiger partial charge in [-0.3, -0.25) is 20.0 Å². The van der Waals surface area contributed by atoms with Crippen LogP contribution in [0.15, 0.2) is 61.1 Å². The molecule has 2 heterocycles. The van der Waals surface area contributed by atoms with Crippen molar-refractivity contribution < 1.29 is 9.59 Å². The number of carbonyl (C=O) groups excluding carboxylic acids is 2. The number of nitriles is 1. The molecule has 3 aromatic rings. The van der Waals surface area contributed by atoms with Gasteiger partial charge < -0.3 is 10.6 Å². The van der Waals surface area contributed by atoms with Gasteiger partial charge in [0.15, 0.2) is 0 Å². The number of rotatable bonds is 8. The number of nitrogens with zero attached hydrogens (tertiary/aromatic N) is 3. The molecule has 0 spiro atoms. The van der Waals surface area contributed by atoms with Gasteiger partial charge in [0.05, 0.1) is 18.1 Å². The second kappa shape index (κ2) is 10.1. The average Bonchev–Trinajstić information content (AvgIpc) is 2.78. The third kappa shape index (κ3) is 5.61. The summed E-state index contributed by atoms with van der Waals surface area (Å²) in [5.74, 6) is -0.596. The summed E-state index contributed by atoms with van der Waals surface area (Å²) in [4.78, 5) is 33.4. The standard InChI is InChI=1S/C24H22N6O2/c1-15(2)29-20-8-9-27-14-19(20)23(26)24(32)18-7-10-28-21(12-18)30-22(31)11-16-3-5-17(13-25)6-4-16/h3-10,12,14-15,26H,11H2,1-2H3,(H,27,29)(H,28,30,31). The molecule has 0 aliphatic heterocycles. The molecule has 3 rings (SSSR count). The lowest BCUT2D eigenvalue weighted by molar-refractivity contribution is -0.115. The number of anilines is 2. The first-order valence-corrected chi connectivity index (χ1v) is 9.96. The van der Waals surface area contributed by atoms with Gasteiger partial charge in [0.1, 0.15) is 11.5 Å². The number of ketones is 1. The Bertz CT molecular complexity index is 1200. The molecule has 0 unspecified atom stereocenters. The highest BCUT2D eigenvalue weighted by molar-refractivity contribution is 6.51. The lowest BCUT2D eigenvalue weighted by Crippen LogP contribution is -2.20. The van der Waals surface area contributed by atoms with Crippen molar-refractivity contribution in [3.8, 4) is 6.07 Å². The number of aromatic nitrogens is 2. The predicted molar refractivity (Wildman–Crippen MR) is 122 cm³/mol. The van der Waals surface area contributed by atoms with E-state index in [0.717, 1.165) is 5.56 Å². The van der Waals surface area contributed by atoms with Gasteiger partial charge in [-0.05, 0) is 49.7 Å². The molecule has 1 amide bonds. The number of pyridine rings is 2. The molecule has 0 radical (unpaired) electrons. The summed E-state index contributed by atoms with van der Waals surface area (Å²) in [5.41, 5.74) is 2.34. The molecule has 3 N–H and O–H groups in total. The molecular formula is C24H22N6O2. The van der Waals surface area contributed by atoms with E-state index in [0.29, 0.717) is 16.8 Å². The molecule has 160 valence electrons. The molecule has 0 aliphatic rings.